The minimum Gasteiger partial charge on any atom is -0.356 e. The molecule has 0 aliphatic carbocycles. The molecule has 0 aliphatic rings. The number of nitrogens with zero attached hydrogens (tertiary/aromatic N) is 1. The first kappa shape index (κ1) is 22.4. The smallest absolute Gasteiger partial charge is 0.191 e. The Morgan fingerprint density at radius 2 is 1.78 bits per heavy atom. The van der Waals surface area contributed by atoms with E-state index in [1.54, 1.807) is 7.05 Å². The van der Waals surface area contributed by atoms with Gasteiger partial charge >= 0.3 is 0 Å². The molecule has 1 aromatic carbocycles. The van der Waals surface area contributed by atoms with Gasteiger partial charge in [-0.15, -0.1) is 24.0 Å². The molecule has 0 fully saturated rings. The summed E-state index contributed by atoms with van der Waals surface area (Å²) < 4.78 is 12.1. The normalized spacial score (nSPS) is 12.6. The van der Waals surface area contributed by atoms with Gasteiger partial charge in [0.1, 0.15) is 0 Å². The predicted octanol–water partition coefficient (Wildman–Crippen LogP) is 3.40. The highest BCUT2D eigenvalue weighted by atomic mass is 127. The largest absolute Gasteiger partial charge is 0.356 e. The van der Waals surface area contributed by atoms with Crippen LogP contribution >= 0.6 is 24.0 Å². The third kappa shape index (κ3) is 10.7. The standard InChI is InChI=1S/C17H29N3OS.HI/c1-15(2)9-7-8-12-19-17(18-3)20-13-14-22(21)16-10-5-4-6-11-16;/h4-6,10-11,15H,7-9,12-14H2,1-3H3,(H2,18,19,20);1H. The van der Waals surface area contributed by atoms with E-state index >= 15 is 0 Å². The van der Waals surface area contributed by atoms with Crippen molar-refractivity contribution in [1.29, 1.82) is 0 Å². The first-order valence-electron chi connectivity index (χ1n) is 8.01. The molecule has 2 N–H and O–H groups in total. The number of halogens is 1. The van der Waals surface area contributed by atoms with Gasteiger partial charge < -0.3 is 10.6 Å². The zero-order valence-corrected chi connectivity index (χ0v) is 17.5. The third-order valence-corrected chi connectivity index (χ3v) is 4.68. The summed E-state index contributed by atoms with van der Waals surface area (Å²) in [4.78, 5) is 5.06. The second kappa shape index (κ2) is 13.8. The summed E-state index contributed by atoms with van der Waals surface area (Å²) in [6.45, 7) is 6.07. The number of aliphatic imine (C=N–C) groups is 1. The molecule has 0 radical (unpaired) electrons. The first-order valence-corrected chi connectivity index (χ1v) is 9.33. The Morgan fingerprint density at radius 3 is 2.39 bits per heavy atom. The lowest BCUT2D eigenvalue weighted by atomic mass is 10.1. The Balaban J connectivity index is 0.00000484. The Morgan fingerprint density at radius 1 is 1.13 bits per heavy atom. The van der Waals surface area contributed by atoms with Crippen molar-refractivity contribution < 1.29 is 4.21 Å². The predicted molar refractivity (Wildman–Crippen MR) is 111 cm³/mol. The monoisotopic (exact) mass is 451 g/mol. The number of hydrogen-bond donors (Lipinski definition) is 2. The van der Waals surface area contributed by atoms with Gasteiger partial charge in [-0.1, -0.05) is 44.9 Å². The molecule has 0 aliphatic heterocycles. The first-order chi connectivity index (χ1) is 10.6. The highest BCUT2D eigenvalue weighted by molar-refractivity contribution is 14.0. The Hall–Kier alpha value is -0.630. The van der Waals surface area contributed by atoms with Gasteiger partial charge in [0.05, 0.1) is 10.8 Å². The van der Waals surface area contributed by atoms with Crippen molar-refractivity contribution in [2.45, 2.75) is 38.0 Å². The quantitative estimate of drug-likeness (QED) is 0.262. The molecule has 0 aromatic heterocycles. The van der Waals surface area contributed by atoms with Gasteiger partial charge in [0, 0.05) is 30.8 Å². The number of nitrogens with one attached hydrogen (secondary N) is 2. The summed E-state index contributed by atoms with van der Waals surface area (Å²) in [5.41, 5.74) is 0. The third-order valence-electron chi connectivity index (χ3n) is 3.31. The minimum atomic E-state index is -0.961. The Bertz CT molecular complexity index is 466. The molecule has 0 saturated carbocycles. The van der Waals surface area contributed by atoms with Crippen LogP contribution < -0.4 is 10.6 Å². The topological polar surface area (TPSA) is 53.5 Å². The average Bonchev–Trinajstić information content (AvgIpc) is 2.53. The van der Waals surface area contributed by atoms with Crippen molar-refractivity contribution in [3.8, 4) is 0 Å². The molecule has 0 amide bonds. The van der Waals surface area contributed by atoms with Crippen LogP contribution in [0.2, 0.25) is 0 Å². The average molecular weight is 451 g/mol. The van der Waals surface area contributed by atoms with E-state index in [-0.39, 0.29) is 24.0 Å². The maximum atomic E-state index is 12.1. The maximum Gasteiger partial charge on any atom is 0.191 e. The van der Waals surface area contributed by atoms with Gasteiger partial charge in [0.2, 0.25) is 0 Å². The van der Waals surface area contributed by atoms with Crippen molar-refractivity contribution in [2.75, 3.05) is 25.9 Å². The van der Waals surface area contributed by atoms with Crippen molar-refractivity contribution in [1.82, 2.24) is 10.6 Å². The fraction of sp³-hybridized carbons (Fsp3) is 0.588. The van der Waals surface area contributed by atoms with Crippen LogP contribution in [-0.2, 0) is 10.8 Å². The number of benzene rings is 1. The molecule has 1 aromatic rings. The SMILES string of the molecule is CN=C(NCCCCC(C)C)NCCS(=O)c1ccccc1.I. The number of rotatable bonds is 9. The summed E-state index contributed by atoms with van der Waals surface area (Å²) in [7, 11) is 0.800. The van der Waals surface area contributed by atoms with Crippen LogP contribution in [0.25, 0.3) is 0 Å². The number of unbranched alkanes of at least 4 members (excludes halogenated alkanes) is 1. The molecular formula is C17H30IN3OS. The van der Waals surface area contributed by atoms with Crippen molar-refractivity contribution in [2.24, 2.45) is 10.9 Å². The van der Waals surface area contributed by atoms with E-state index in [2.05, 4.69) is 29.5 Å². The highest BCUT2D eigenvalue weighted by Gasteiger charge is 2.03. The Kier molecular flexibility index (Phi) is 13.4. The maximum absolute atomic E-state index is 12.1. The van der Waals surface area contributed by atoms with Crippen LogP contribution in [0.1, 0.15) is 33.1 Å². The van der Waals surface area contributed by atoms with Crippen LogP contribution in [0, 0.1) is 5.92 Å². The summed E-state index contributed by atoms with van der Waals surface area (Å²) in [5.74, 6) is 2.14. The van der Waals surface area contributed by atoms with Crippen LogP contribution in [-0.4, -0.2) is 36.1 Å². The van der Waals surface area contributed by atoms with Gasteiger partial charge in [-0.2, -0.15) is 0 Å². The second-order valence-electron chi connectivity index (χ2n) is 5.68. The van der Waals surface area contributed by atoms with E-state index in [0.717, 1.165) is 29.7 Å². The van der Waals surface area contributed by atoms with Crippen molar-refractivity contribution >= 4 is 40.7 Å². The molecule has 6 heteroatoms. The van der Waals surface area contributed by atoms with E-state index in [1.807, 2.05) is 30.3 Å². The van der Waals surface area contributed by atoms with Crippen LogP contribution in [0.5, 0.6) is 0 Å². The Labute approximate surface area is 160 Å². The van der Waals surface area contributed by atoms with E-state index in [0.29, 0.717) is 12.3 Å². The van der Waals surface area contributed by atoms with Crippen LogP contribution in [0.4, 0.5) is 0 Å². The van der Waals surface area contributed by atoms with E-state index in [9.17, 15) is 4.21 Å². The van der Waals surface area contributed by atoms with Crippen molar-refractivity contribution in [3.63, 3.8) is 0 Å². The van der Waals surface area contributed by atoms with Gasteiger partial charge in [-0.25, -0.2) is 0 Å². The molecule has 0 bridgehead atoms. The zero-order chi connectivity index (χ0) is 16.2. The van der Waals surface area contributed by atoms with Crippen LogP contribution in [0.3, 0.4) is 0 Å². The molecule has 1 rings (SSSR count). The lowest BCUT2D eigenvalue weighted by Crippen LogP contribution is -2.39. The second-order valence-corrected chi connectivity index (χ2v) is 7.25. The summed E-state index contributed by atoms with van der Waals surface area (Å²) >= 11 is 0. The van der Waals surface area contributed by atoms with E-state index in [1.165, 1.54) is 12.8 Å². The summed E-state index contributed by atoms with van der Waals surface area (Å²) in [5, 5.41) is 6.51. The van der Waals surface area contributed by atoms with E-state index in [4.69, 9.17) is 0 Å². The van der Waals surface area contributed by atoms with Gasteiger partial charge in [-0.05, 0) is 24.5 Å². The molecule has 0 saturated heterocycles. The summed E-state index contributed by atoms with van der Waals surface area (Å²) in [6, 6.07) is 9.57. The fourth-order valence-corrected chi connectivity index (χ4v) is 3.04. The molecule has 4 nitrogen and oxygen atoms in total. The summed E-state index contributed by atoms with van der Waals surface area (Å²) in [6.07, 6.45) is 3.65. The number of guanidine groups is 1. The van der Waals surface area contributed by atoms with Gasteiger partial charge in [0.25, 0.3) is 0 Å². The zero-order valence-electron chi connectivity index (χ0n) is 14.4. The molecule has 0 heterocycles. The minimum absolute atomic E-state index is 0. The molecule has 23 heavy (non-hydrogen) atoms. The van der Waals surface area contributed by atoms with Crippen molar-refractivity contribution in [3.05, 3.63) is 30.3 Å². The fourth-order valence-electron chi connectivity index (χ4n) is 2.06. The molecule has 0 spiro atoms. The molecular weight excluding hydrogens is 421 g/mol. The molecule has 1 unspecified atom stereocenters. The van der Waals surface area contributed by atoms with Gasteiger partial charge in [0.15, 0.2) is 5.96 Å². The van der Waals surface area contributed by atoms with E-state index < -0.39 is 10.8 Å². The van der Waals surface area contributed by atoms with Gasteiger partial charge in [-0.3, -0.25) is 9.20 Å². The molecule has 1 atom stereocenters. The lowest BCUT2D eigenvalue weighted by molar-refractivity contribution is 0.534. The lowest BCUT2D eigenvalue weighted by Gasteiger charge is -2.12. The van der Waals surface area contributed by atoms with Crippen LogP contribution in [0.15, 0.2) is 40.2 Å². The highest BCUT2D eigenvalue weighted by Crippen LogP contribution is 2.05. The number of hydrogen-bond acceptors (Lipinski definition) is 2. The molecule has 132 valence electrons.